The van der Waals surface area contributed by atoms with Gasteiger partial charge >= 0.3 is 0 Å². The van der Waals surface area contributed by atoms with Gasteiger partial charge in [0.2, 0.25) is 0 Å². The first-order chi connectivity index (χ1) is 11.7. The van der Waals surface area contributed by atoms with Gasteiger partial charge in [0.05, 0.1) is 0 Å². The van der Waals surface area contributed by atoms with Crippen LogP contribution < -0.4 is 15.1 Å². The van der Waals surface area contributed by atoms with Crippen molar-refractivity contribution in [2.45, 2.75) is 13.5 Å². The Morgan fingerprint density at radius 3 is 2.38 bits per heavy atom. The van der Waals surface area contributed by atoms with Gasteiger partial charge < -0.3 is 15.1 Å². The topological polar surface area (TPSA) is 38.0 Å². The lowest BCUT2D eigenvalue weighted by Gasteiger charge is -2.29. The predicted octanol–water partition coefficient (Wildman–Crippen LogP) is -0.0829. The van der Waals surface area contributed by atoms with Crippen LogP contribution >= 0.6 is 0 Å². The van der Waals surface area contributed by atoms with E-state index in [4.69, 9.17) is 0 Å². The fourth-order valence-electron chi connectivity index (χ4n) is 3.35. The first kappa shape index (κ1) is 16.7. The number of hydrogen-bond donors (Lipinski definition) is 3. The number of hydrogen-bond acceptors (Lipinski definition) is 1. The minimum absolute atomic E-state index is 0.113. The van der Waals surface area contributed by atoms with Crippen molar-refractivity contribution < 1.29 is 14.6 Å². The second-order valence-electron chi connectivity index (χ2n) is 6.76. The normalized spacial score (nSPS) is 20.5. The number of quaternary nitrogens is 2. The molecule has 0 radical (unpaired) electrons. The van der Waals surface area contributed by atoms with Gasteiger partial charge in [-0.25, -0.2) is 0 Å². The van der Waals surface area contributed by atoms with Crippen molar-refractivity contribution in [3.05, 3.63) is 65.7 Å². The van der Waals surface area contributed by atoms with E-state index in [1.807, 2.05) is 31.2 Å². The van der Waals surface area contributed by atoms with Crippen LogP contribution in [0, 0.1) is 6.92 Å². The number of amides is 1. The van der Waals surface area contributed by atoms with E-state index in [1.165, 1.54) is 16.0 Å². The molecular weight excluding hydrogens is 298 g/mol. The highest BCUT2D eigenvalue weighted by Crippen LogP contribution is 2.08. The SMILES string of the molecule is Cc1cccc(NC(=O)C[NH+]2CC[NH+](Cc3ccccc3)CC2)c1. The number of nitrogens with one attached hydrogen (secondary N) is 3. The minimum atomic E-state index is 0.113. The monoisotopic (exact) mass is 325 g/mol. The maximum atomic E-state index is 12.2. The number of rotatable bonds is 5. The van der Waals surface area contributed by atoms with E-state index >= 15 is 0 Å². The van der Waals surface area contributed by atoms with Crippen molar-refractivity contribution >= 4 is 11.6 Å². The lowest BCUT2D eigenvalue weighted by molar-refractivity contribution is -1.02. The molecule has 1 saturated heterocycles. The van der Waals surface area contributed by atoms with Crippen molar-refractivity contribution in [3.63, 3.8) is 0 Å². The van der Waals surface area contributed by atoms with E-state index in [-0.39, 0.29) is 5.91 Å². The molecule has 4 nitrogen and oxygen atoms in total. The number of aryl methyl sites for hydroxylation is 1. The second kappa shape index (κ2) is 8.08. The molecule has 1 aliphatic rings. The van der Waals surface area contributed by atoms with Crippen molar-refractivity contribution in [3.8, 4) is 0 Å². The standard InChI is InChI=1S/C20H25N3O/c1-17-6-5-9-19(14-17)21-20(24)16-23-12-10-22(11-13-23)15-18-7-3-2-4-8-18/h2-9,14H,10-13,15-16H2,1H3,(H,21,24)/p+2. The maximum Gasteiger partial charge on any atom is 0.279 e. The number of benzene rings is 2. The van der Waals surface area contributed by atoms with Crippen LogP contribution in [0.2, 0.25) is 0 Å². The molecule has 4 heteroatoms. The lowest BCUT2D eigenvalue weighted by atomic mass is 10.2. The quantitative estimate of drug-likeness (QED) is 0.707. The van der Waals surface area contributed by atoms with Crippen LogP contribution in [0.3, 0.4) is 0 Å². The minimum Gasteiger partial charge on any atom is -0.322 e. The number of carbonyl (C=O) groups is 1. The molecule has 1 heterocycles. The summed E-state index contributed by atoms with van der Waals surface area (Å²) < 4.78 is 0. The van der Waals surface area contributed by atoms with Crippen LogP contribution in [0.5, 0.6) is 0 Å². The Morgan fingerprint density at radius 1 is 0.958 bits per heavy atom. The number of piperazine rings is 1. The smallest absolute Gasteiger partial charge is 0.279 e. The van der Waals surface area contributed by atoms with E-state index in [9.17, 15) is 4.79 Å². The van der Waals surface area contributed by atoms with Crippen molar-refractivity contribution in [2.24, 2.45) is 0 Å². The van der Waals surface area contributed by atoms with E-state index in [1.54, 1.807) is 4.90 Å². The van der Waals surface area contributed by atoms with Gasteiger partial charge in [-0.3, -0.25) is 4.79 Å². The molecule has 0 unspecified atom stereocenters. The van der Waals surface area contributed by atoms with Gasteiger partial charge in [-0.2, -0.15) is 0 Å². The first-order valence-electron chi connectivity index (χ1n) is 8.76. The molecule has 2 aromatic rings. The van der Waals surface area contributed by atoms with Crippen LogP contribution in [0.1, 0.15) is 11.1 Å². The molecule has 3 rings (SSSR count). The molecule has 3 N–H and O–H groups in total. The zero-order valence-corrected chi connectivity index (χ0v) is 14.3. The van der Waals surface area contributed by atoms with E-state index in [0.717, 1.165) is 38.4 Å². The Balaban J connectivity index is 1.42. The Hall–Kier alpha value is -2.17. The summed E-state index contributed by atoms with van der Waals surface area (Å²) in [7, 11) is 0. The maximum absolute atomic E-state index is 12.2. The predicted molar refractivity (Wildman–Crippen MR) is 96.2 cm³/mol. The van der Waals surface area contributed by atoms with E-state index in [2.05, 4.69) is 35.6 Å². The van der Waals surface area contributed by atoms with Gasteiger partial charge in [0.25, 0.3) is 5.91 Å². The summed E-state index contributed by atoms with van der Waals surface area (Å²) in [5.74, 6) is 0.113. The second-order valence-corrected chi connectivity index (χ2v) is 6.76. The van der Waals surface area contributed by atoms with E-state index < -0.39 is 0 Å². The number of carbonyl (C=O) groups excluding carboxylic acids is 1. The molecule has 0 atom stereocenters. The highest BCUT2D eigenvalue weighted by molar-refractivity contribution is 5.91. The Morgan fingerprint density at radius 2 is 1.67 bits per heavy atom. The van der Waals surface area contributed by atoms with Crippen LogP contribution in [-0.4, -0.2) is 38.6 Å². The highest BCUT2D eigenvalue weighted by Gasteiger charge is 2.24. The zero-order valence-electron chi connectivity index (χ0n) is 14.3. The van der Waals surface area contributed by atoms with Gasteiger partial charge in [-0.05, 0) is 24.6 Å². The van der Waals surface area contributed by atoms with Gasteiger partial charge in [0.15, 0.2) is 6.54 Å². The van der Waals surface area contributed by atoms with Crippen LogP contribution in [0.25, 0.3) is 0 Å². The highest BCUT2D eigenvalue weighted by atomic mass is 16.2. The van der Waals surface area contributed by atoms with Crippen LogP contribution in [-0.2, 0) is 11.3 Å². The lowest BCUT2D eigenvalue weighted by Crippen LogP contribution is -3.28. The summed E-state index contributed by atoms with van der Waals surface area (Å²) in [6, 6.07) is 18.6. The summed E-state index contributed by atoms with van der Waals surface area (Å²) in [6.07, 6.45) is 0. The molecule has 0 saturated carbocycles. The molecule has 1 fully saturated rings. The van der Waals surface area contributed by atoms with Crippen molar-refractivity contribution in [1.29, 1.82) is 0 Å². The first-order valence-corrected chi connectivity index (χ1v) is 8.76. The van der Waals surface area contributed by atoms with Gasteiger partial charge in [-0.1, -0.05) is 42.5 Å². The molecule has 1 aliphatic heterocycles. The summed E-state index contributed by atoms with van der Waals surface area (Å²) in [4.78, 5) is 15.2. The Labute approximate surface area is 144 Å². The summed E-state index contributed by atoms with van der Waals surface area (Å²) in [5, 5.41) is 3.01. The third-order valence-electron chi connectivity index (χ3n) is 4.67. The van der Waals surface area contributed by atoms with Crippen molar-refractivity contribution in [1.82, 2.24) is 0 Å². The fraction of sp³-hybridized carbons (Fsp3) is 0.350. The van der Waals surface area contributed by atoms with Gasteiger partial charge in [-0.15, -0.1) is 0 Å². The largest absolute Gasteiger partial charge is 0.322 e. The van der Waals surface area contributed by atoms with Crippen molar-refractivity contribution in [2.75, 3.05) is 38.0 Å². The average molecular weight is 325 g/mol. The average Bonchev–Trinajstić information content (AvgIpc) is 2.57. The third kappa shape index (κ3) is 4.91. The molecule has 0 spiro atoms. The molecule has 0 aromatic heterocycles. The van der Waals surface area contributed by atoms with Gasteiger partial charge in [0.1, 0.15) is 32.7 Å². The number of anilines is 1. The van der Waals surface area contributed by atoms with Gasteiger partial charge in [0, 0.05) is 11.3 Å². The molecule has 0 aliphatic carbocycles. The zero-order chi connectivity index (χ0) is 16.8. The molecule has 1 amide bonds. The molecule has 24 heavy (non-hydrogen) atoms. The summed E-state index contributed by atoms with van der Waals surface area (Å²) >= 11 is 0. The van der Waals surface area contributed by atoms with Crippen LogP contribution in [0.4, 0.5) is 5.69 Å². The fourth-order valence-corrected chi connectivity index (χ4v) is 3.35. The molecule has 0 bridgehead atoms. The molecule has 2 aromatic carbocycles. The third-order valence-corrected chi connectivity index (χ3v) is 4.67. The summed E-state index contributed by atoms with van der Waals surface area (Å²) in [6.45, 7) is 8.06. The van der Waals surface area contributed by atoms with Crippen LogP contribution in [0.15, 0.2) is 54.6 Å². The molecular formula is C20H27N3O+2. The molecule has 126 valence electrons. The van der Waals surface area contributed by atoms with E-state index in [0.29, 0.717) is 6.54 Å². The Kier molecular flexibility index (Phi) is 5.62. The summed E-state index contributed by atoms with van der Waals surface area (Å²) in [5.41, 5.74) is 3.46. The Bertz CT molecular complexity index is 664.